The maximum atomic E-state index is 11.9. The molecule has 5 N–H and O–H groups in total. The minimum atomic E-state index is -1.80. The number of thiol groups is 1. The molecule has 1 saturated heterocycles. The lowest BCUT2D eigenvalue weighted by Crippen LogP contribution is -2.60. The number of ether oxygens (including phenoxy) is 1. The van der Waals surface area contributed by atoms with E-state index in [4.69, 9.17) is 15.1 Å². The first-order valence-electron chi connectivity index (χ1n) is 8.09. The van der Waals surface area contributed by atoms with Gasteiger partial charge in [-0.1, -0.05) is 6.07 Å². The summed E-state index contributed by atoms with van der Waals surface area (Å²) in [5.41, 5.74) is 6.54. The van der Waals surface area contributed by atoms with E-state index in [0.29, 0.717) is 25.8 Å². The molecule has 1 atom stereocenters. The Labute approximate surface area is 151 Å². The van der Waals surface area contributed by atoms with E-state index in [0.717, 1.165) is 5.56 Å². The fourth-order valence-corrected chi connectivity index (χ4v) is 3.12. The predicted octanol–water partition coefficient (Wildman–Crippen LogP) is -1.07. The van der Waals surface area contributed by atoms with Crippen LogP contribution in [0, 0.1) is 0 Å². The molecular formula is C15H21BN2O6S. The quantitative estimate of drug-likeness (QED) is 0.255. The highest BCUT2D eigenvalue weighted by molar-refractivity contribution is 7.80. The van der Waals surface area contributed by atoms with E-state index < -0.39 is 19.5 Å². The maximum absolute atomic E-state index is 11.9. The van der Waals surface area contributed by atoms with Crippen LogP contribution in [-0.4, -0.2) is 64.2 Å². The van der Waals surface area contributed by atoms with Crippen LogP contribution in [0.5, 0.6) is 11.5 Å². The average molecular weight is 368 g/mol. The van der Waals surface area contributed by atoms with E-state index in [2.05, 4.69) is 12.6 Å². The summed E-state index contributed by atoms with van der Waals surface area (Å²) in [5.74, 6) is 0.592. The summed E-state index contributed by atoms with van der Waals surface area (Å²) < 4.78 is 11.2. The van der Waals surface area contributed by atoms with Gasteiger partial charge in [-0.15, -0.1) is 0 Å². The normalized spacial score (nSPS) is 18.5. The summed E-state index contributed by atoms with van der Waals surface area (Å²) >= 11 is 4.01. The summed E-state index contributed by atoms with van der Waals surface area (Å²) in [6.45, 7) is 0.726. The highest BCUT2D eigenvalue weighted by Gasteiger charge is 2.36. The molecule has 0 aliphatic carbocycles. The molecule has 0 unspecified atom stereocenters. The van der Waals surface area contributed by atoms with Gasteiger partial charge in [0.2, 0.25) is 5.91 Å². The molecule has 2 aliphatic heterocycles. The lowest BCUT2D eigenvalue weighted by molar-refractivity contribution is -0.141. The van der Waals surface area contributed by atoms with Crippen molar-refractivity contribution in [3.63, 3.8) is 0 Å². The standard InChI is InChI=1S/C15H21BN2O6S/c17-10(7-25)14(19)18-5-9(6-18)23-11-2-1-8-3-4-16(22)24-13(8)12(11)15(20)21/h1-2,9-10,15,20-22,25H,3-7,17H2/t10-/m1/s1. The van der Waals surface area contributed by atoms with Gasteiger partial charge in [0.25, 0.3) is 0 Å². The van der Waals surface area contributed by atoms with Gasteiger partial charge in [-0.2, -0.15) is 12.6 Å². The van der Waals surface area contributed by atoms with Crippen molar-refractivity contribution in [1.29, 1.82) is 0 Å². The monoisotopic (exact) mass is 368 g/mol. The third-order valence-corrected chi connectivity index (χ3v) is 4.77. The first kappa shape index (κ1) is 18.3. The van der Waals surface area contributed by atoms with E-state index in [-0.39, 0.29) is 34.8 Å². The summed E-state index contributed by atoms with van der Waals surface area (Å²) in [6, 6.07) is 2.79. The lowest BCUT2D eigenvalue weighted by atomic mass is 9.78. The Morgan fingerprint density at radius 1 is 1.48 bits per heavy atom. The van der Waals surface area contributed by atoms with Gasteiger partial charge in [-0.3, -0.25) is 4.79 Å². The van der Waals surface area contributed by atoms with Crippen LogP contribution in [0.25, 0.3) is 0 Å². The summed E-state index contributed by atoms with van der Waals surface area (Å²) in [5, 5.41) is 29.1. The smallest absolute Gasteiger partial charge is 0.522 e. The Morgan fingerprint density at radius 2 is 2.20 bits per heavy atom. The molecule has 1 fully saturated rings. The highest BCUT2D eigenvalue weighted by atomic mass is 32.1. The highest BCUT2D eigenvalue weighted by Crippen LogP contribution is 2.40. The van der Waals surface area contributed by atoms with Crippen LogP contribution in [-0.2, 0) is 11.2 Å². The molecule has 136 valence electrons. The van der Waals surface area contributed by atoms with Crippen molar-refractivity contribution in [2.24, 2.45) is 5.73 Å². The van der Waals surface area contributed by atoms with Crippen LogP contribution in [0.2, 0.25) is 6.32 Å². The van der Waals surface area contributed by atoms with Gasteiger partial charge in [0.15, 0.2) is 6.29 Å². The van der Waals surface area contributed by atoms with E-state index >= 15 is 0 Å². The number of aliphatic hydroxyl groups excluding tert-OH is 1. The molecule has 0 saturated carbocycles. The van der Waals surface area contributed by atoms with Crippen molar-refractivity contribution in [2.75, 3.05) is 18.8 Å². The maximum Gasteiger partial charge on any atom is 0.522 e. The molecule has 0 aromatic heterocycles. The topological polar surface area (TPSA) is 125 Å². The lowest BCUT2D eigenvalue weighted by Gasteiger charge is -2.40. The number of fused-ring (bicyclic) bond motifs is 1. The van der Waals surface area contributed by atoms with Crippen LogP contribution in [0.4, 0.5) is 0 Å². The molecule has 25 heavy (non-hydrogen) atoms. The zero-order chi connectivity index (χ0) is 18.1. The molecule has 1 amide bonds. The van der Waals surface area contributed by atoms with Crippen LogP contribution in [0.3, 0.4) is 0 Å². The second kappa shape index (κ2) is 7.42. The molecule has 0 spiro atoms. The minimum Gasteiger partial charge on any atom is -0.535 e. The van der Waals surface area contributed by atoms with Gasteiger partial charge in [0.1, 0.15) is 17.6 Å². The van der Waals surface area contributed by atoms with Gasteiger partial charge >= 0.3 is 7.12 Å². The van der Waals surface area contributed by atoms with Gasteiger partial charge in [-0.05, 0) is 24.4 Å². The number of carbonyl (C=O) groups is 1. The molecule has 10 heteroatoms. The number of aliphatic hydroxyl groups is 2. The predicted molar refractivity (Wildman–Crippen MR) is 93.6 cm³/mol. The second-order valence-corrected chi connectivity index (χ2v) is 6.59. The van der Waals surface area contributed by atoms with Gasteiger partial charge < -0.3 is 35.3 Å². The number of carbonyl (C=O) groups excluding carboxylic acids is 1. The number of likely N-dealkylation sites (tertiary alicyclic amines) is 1. The molecule has 2 aliphatic rings. The van der Waals surface area contributed by atoms with E-state index in [9.17, 15) is 20.0 Å². The first-order chi connectivity index (χ1) is 11.9. The van der Waals surface area contributed by atoms with E-state index in [1.807, 2.05) is 0 Å². The third kappa shape index (κ3) is 3.72. The number of hydrogen-bond donors (Lipinski definition) is 5. The van der Waals surface area contributed by atoms with Gasteiger partial charge in [-0.25, -0.2) is 0 Å². The molecule has 1 aromatic carbocycles. The third-order valence-electron chi connectivity index (χ3n) is 4.38. The molecule has 2 heterocycles. The molecule has 0 radical (unpaired) electrons. The summed E-state index contributed by atoms with van der Waals surface area (Å²) in [7, 11) is -0.986. The van der Waals surface area contributed by atoms with Gasteiger partial charge in [0.05, 0.1) is 24.7 Å². The van der Waals surface area contributed by atoms with Crippen LogP contribution in [0.15, 0.2) is 12.1 Å². The molecule has 0 bridgehead atoms. The number of hydrogen-bond acceptors (Lipinski definition) is 8. The number of nitrogens with zero attached hydrogens (tertiary/aromatic N) is 1. The SMILES string of the molecule is N[C@H](CS)C(=O)N1CC(Oc2ccc3c(c2C(O)O)OB(O)CC3)C1. The van der Waals surface area contributed by atoms with Crippen LogP contribution in [0.1, 0.15) is 17.4 Å². The second-order valence-electron chi connectivity index (χ2n) is 6.22. The largest absolute Gasteiger partial charge is 0.535 e. The summed E-state index contributed by atoms with van der Waals surface area (Å²) in [6.07, 6.45) is -1.06. The first-order valence-corrected chi connectivity index (χ1v) is 8.72. The zero-order valence-corrected chi connectivity index (χ0v) is 14.4. The summed E-state index contributed by atoms with van der Waals surface area (Å²) in [4.78, 5) is 13.5. The number of aryl methyl sites for hydroxylation is 1. The van der Waals surface area contributed by atoms with Crippen molar-refractivity contribution in [3.8, 4) is 11.5 Å². The molecule has 3 rings (SSSR count). The van der Waals surface area contributed by atoms with E-state index in [1.54, 1.807) is 17.0 Å². The Bertz CT molecular complexity index is 655. The number of nitrogens with two attached hydrogens (primary N) is 1. The minimum absolute atomic E-state index is 0.0908. The molecular weight excluding hydrogens is 347 g/mol. The molecule has 8 nitrogen and oxygen atoms in total. The number of amides is 1. The van der Waals surface area contributed by atoms with Crippen molar-refractivity contribution in [2.45, 2.75) is 31.2 Å². The zero-order valence-electron chi connectivity index (χ0n) is 13.5. The van der Waals surface area contributed by atoms with E-state index in [1.165, 1.54) is 0 Å². The van der Waals surface area contributed by atoms with Crippen molar-refractivity contribution >= 4 is 25.7 Å². The fraction of sp³-hybridized carbons (Fsp3) is 0.533. The van der Waals surface area contributed by atoms with Crippen LogP contribution >= 0.6 is 12.6 Å². The average Bonchev–Trinajstić information content (AvgIpc) is 2.55. The molecule has 1 aromatic rings. The van der Waals surface area contributed by atoms with Crippen molar-refractivity contribution in [3.05, 3.63) is 23.3 Å². The Morgan fingerprint density at radius 3 is 2.84 bits per heavy atom. The number of benzene rings is 1. The van der Waals surface area contributed by atoms with Crippen LogP contribution < -0.4 is 15.1 Å². The van der Waals surface area contributed by atoms with Gasteiger partial charge in [0, 0.05) is 5.75 Å². The number of rotatable bonds is 5. The van der Waals surface area contributed by atoms with Crippen molar-refractivity contribution < 1.29 is 29.4 Å². The van der Waals surface area contributed by atoms with Crippen molar-refractivity contribution in [1.82, 2.24) is 4.90 Å². The Kier molecular flexibility index (Phi) is 5.45. The Balaban J connectivity index is 1.72. The fourth-order valence-electron chi connectivity index (χ4n) is 2.97. The Hall–Kier alpha value is -1.46.